The zero-order valence-electron chi connectivity index (χ0n) is 16.2. The number of anilines is 2. The average molecular weight is 426 g/mol. The molecule has 2 N–H and O–H groups in total. The average Bonchev–Trinajstić information content (AvgIpc) is 3.27. The minimum Gasteiger partial charge on any atom is -0.487 e. The highest BCUT2D eigenvalue weighted by molar-refractivity contribution is 6.38. The molecule has 0 unspecified atom stereocenters. The normalized spacial score (nSPS) is 20.4. The van der Waals surface area contributed by atoms with E-state index < -0.39 is 0 Å². The van der Waals surface area contributed by atoms with Crippen LogP contribution in [0.4, 0.5) is 11.4 Å². The Hall–Kier alpha value is -2.87. The first-order chi connectivity index (χ1) is 14.6. The molecule has 3 aliphatic rings. The van der Waals surface area contributed by atoms with Crippen LogP contribution in [0.15, 0.2) is 36.4 Å². The molecule has 3 heterocycles. The summed E-state index contributed by atoms with van der Waals surface area (Å²) in [5, 5.41) is 6.35. The van der Waals surface area contributed by atoms with E-state index in [0.29, 0.717) is 54.1 Å². The first kappa shape index (κ1) is 19.1. The van der Waals surface area contributed by atoms with Crippen LogP contribution in [-0.4, -0.2) is 49.6 Å². The van der Waals surface area contributed by atoms with Gasteiger partial charge in [-0.15, -0.1) is 0 Å². The molecule has 5 rings (SSSR count). The van der Waals surface area contributed by atoms with E-state index in [1.54, 1.807) is 18.2 Å². The van der Waals surface area contributed by atoms with Crippen LogP contribution in [0.2, 0.25) is 5.02 Å². The molecule has 3 aliphatic heterocycles. The Bertz CT molecular complexity index is 1080. The van der Waals surface area contributed by atoms with Crippen LogP contribution in [-0.2, 0) is 25.7 Å². The van der Waals surface area contributed by atoms with Gasteiger partial charge in [0.15, 0.2) is 0 Å². The Kier molecular flexibility index (Phi) is 4.94. The lowest BCUT2D eigenvalue weighted by molar-refractivity contribution is -0.118. The summed E-state index contributed by atoms with van der Waals surface area (Å²) < 4.78 is 11.2. The molecular weight excluding hydrogens is 406 g/mol. The van der Waals surface area contributed by atoms with Crippen molar-refractivity contribution < 1.29 is 19.1 Å². The van der Waals surface area contributed by atoms with E-state index >= 15 is 0 Å². The Morgan fingerprint density at radius 1 is 1.13 bits per heavy atom. The van der Waals surface area contributed by atoms with E-state index in [2.05, 4.69) is 15.5 Å². The number of morpholine rings is 1. The van der Waals surface area contributed by atoms with Gasteiger partial charge in [0.05, 0.1) is 25.3 Å². The Labute approximate surface area is 178 Å². The van der Waals surface area contributed by atoms with Crippen LogP contribution in [0.5, 0.6) is 0 Å². The molecule has 0 aliphatic carbocycles. The number of carbonyl (C=O) groups excluding carboxylic acids is 2. The van der Waals surface area contributed by atoms with E-state index in [1.807, 2.05) is 18.2 Å². The first-order valence-electron chi connectivity index (χ1n) is 9.80. The van der Waals surface area contributed by atoms with Crippen molar-refractivity contribution in [2.75, 3.05) is 43.5 Å². The number of nitrogens with one attached hydrogen (secondary N) is 2. The predicted octanol–water partition coefficient (Wildman–Crippen LogP) is 2.96. The maximum absolute atomic E-state index is 12.6. The monoisotopic (exact) mass is 425 g/mol. The highest BCUT2D eigenvalue weighted by Gasteiger charge is 2.32. The van der Waals surface area contributed by atoms with Crippen molar-refractivity contribution in [2.24, 2.45) is 0 Å². The second-order valence-electron chi connectivity index (χ2n) is 7.45. The van der Waals surface area contributed by atoms with Gasteiger partial charge in [-0.25, -0.2) is 0 Å². The highest BCUT2D eigenvalue weighted by atomic mass is 35.5. The molecule has 0 saturated carbocycles. The summed E-state index contributed by atoms with van der Waals surface area (Å²) >= 11 is 6.14. The first-order valence-corrected chi connectivity index (χ1v) is 10.2. The lowest BCUT2D eigenvalue weighted by Crippen LogP contribution is -2.41. The summed E-state index contributed by atoms with van der Waals surface area (Å²) in [4.78, 5) is 27.2. The zero-order chi connectivity index (χ0) is 20.7. The van der Waals surface area contributed by atoms with Gasteiger partial charge in [-0.3, -0.25) is 14.5 Å². The van der Waals surface area contributed by atoms with Gasteiger partial charge >= 0.3 is 0 Å². The molecule has 154 valence electrons. The molecule has 0 bridgehead atoms. The van der Waals surface area contributed by atoms with Gasteiger partial charge in [0.2, 0.25) is 5.91 Å². The van der Waals surface area contributed by atoms with Crippen molar-refractivity contribution >= 4 is 46.1 Å². The second-order valence-corrected chi connectivity index (χ2v) is 7.88. The molecule has 1 saturated heterocycles. The summed E-state index contributed by atoms with van der Waals surface area (Å²) in [6, 6.07) is 10.9. The summed E-state index contributed by atoms with van der Waals surface area (Å²) in [6.45, 7) is 3.48. The maximum atomic E-state index is 12.6. The fraction of sp³-hybridized carbons (Fsp3) is 0.273. The molecule has 1 fully saturated rings. The largest absolute Gasteiger partial charge is 0.487 e. The van der Waals surface area contributed by atoms with Crippen LogP contribution in [0.25, 0.3) is 11.3 Å². The minimum atomic E-state index is -0.225. The number of hydrogen-bond acceptors (Lipinski definition) is 5. The fourth-order valence-electron chi connectivity index (χ4n) is 3.95. The molecule has 0 aromatic heterocycles. The molecule has 2 aromatic carbocycles. The number of nitrogens with zero attached hydrogens (tertiary/aromatic N) is 1. The van der Waals surface area contributed by atoms with Gasteiger partial charge in [-0.05, 0) is 30.3 Å². The number of halogens is 1. The number of carbonyl (C=O) groups is 2. The SMILES string of the molecule is O=C(CN1CCOCC1)Nc1ccc2c(c1)C(=C1C(=O)Nc3ccc(Cl)cc31)OC2. The van der Waals surface area contributed by atoms with Gasteiger partial charge in [0.1, 0.15) is 12.4 Å². The third-order valence-corrected chi connectivity index (χ3v) is 5.67. The summed E-state index contributed by atoms with van der Waals surface area (Å²) in [6.07, 6.45) is 0. The number of ether oxygens (including phenoxy) is 2. The van der Waals surface area contributed by atoms with Crippen molar-refractivity contribution in [3.8, 4) is 0 Å². The van der Waals surface area contributed by atoms with Crippen LogP contribution < -0.4 is 10.6 Å². The van der Waals surface area contributed by atoms with Gasteiger partial charge in [-0.2, -0.15) is 0 Å². The van der Waals surface area contributed by atoms with Crippen LogP contribution in [0.1, 0.15) is 16.7 Å². The molecule has 30 heavy (non-hydrogen) atoms. The van der Waals surface area contributed by atoms with E-state index in [1.165, 1.54) is 0 Å². The fourth-order valence-corrected chi connectivity index (χ4v) is 4.13. The molecule has 2 amide bonds. The highest BCUT2D eigenvalue weighted by Crippen LogP contribution is 2.42. The number of amides is 2. The van der Waals surface area contributed by atoms with E-state index in [4.69, 9.17) is 21.1 Å². The van der Waals surface area contributed by atoms with Gasteiger partial charge in [0, 0.05) is 46.2 Å². The van der Waals surface area contributed by atoms with Crippen LogP contribution in [0.3, 0.4) is 0 Å². The van der Waals surface area contributed by atoms with Crippen molar-refractivity contribution in [1.29, 1.82) is 0 Å². The quantitative estimate of drug-likeness (QED) is 0.739. The molecular formula is C22H20ClN3O4. The van der Waals surface area contributed by atoms with Gasteiger partial charge in [0.25, 0.3) is 5.91 Å². The van der Waals surface area contributed by atoms with Crippen molar-refractivity contribution in [2.45, 2.75) is 6.61 Å². The predicted molar refractivity (Wildman–Crippen MR) is 114 cm³/mol. The zero-order valence-corrected chi connectivity index (χ0v) is 16.9. The molecule has 8 heteroatoms. The number of rotatable bonds is 3. The second kappa shape index (κ2) is 7.75. The lowest BCUT2D eigenvalue weighted by atomic mass is 10.00. The molecule has 7 nitrogen and oxygen atoms in total. The molecule has 0 spiro atoms. The minimum absolute atomic E-state index is 0.0827. The van der Waals surface area contributed by atoms with Crippen LogP contribution in [0, 0.1) is 0 Å². The third-order valence-electron chi connectivity index (χ3n) is 5.43. The maximum Gasteiger partial charge on any atom is 0.260 e. The smallest absolute Gasteiger partial charge is 0.260 e. The molecule has 0 radical (unpaired) electrons. The van der Waals surface area contributed by atoms with Crippen LogP contribution >= 0.6 is 11.6 Å². The Balaban J connectivity index is 1.43. The Morgan fingerprint density at radius 2 is 1.97 bits per heavy atom. The van der Waals surface area contributed by atoms with Crippen molar-refractivity contribution in [3.05, 3.63) is 58.1 Å². The number of hydrogen-bond donors (Lipinski definition) is 2. The van der Waals surface area contributed by atoms with E-state index in [0.717, 1.165) is 29.8 Å². The van der Waals surface area contributed by atoms with Gasteiger partial charge < -0.3 is 20.1 Å². The summed E-state index contributed by atoms with van der Waals surface area (Å²) in [5.41, 5.74) is 4.32. The lowest BCUT2D eigenvalue weighted by Gasteiger charge is -2.25. The molecule has 2 aromatic rings. The van der Waals surface area contributed by atoms with Gasteiger partial charge in [-0.1, -0.05) is 17.7 Å². The van der Waals surface area contributed by atoms with Crippen molar-refractivity contribution in [3.63, 3.8) is 0 Å². The molecule has 0 atom stereocenters. The topological polar surface area (TPSA) is 79.9 Å². The number of fused-ring (bicyclic) bond motifs is 2. The van der Waals surface area contributed by atoms with Crippen molar-refractivity contribution in [1.82, 2.24) is 4.90 Å². The standard InChI is InChI=1S/C22H20ClN3O4/c23-14-2-4-18-17(9-14)20(22(28)25-18)21-16-10-15(3-1-13(16)12-30-21)24-19(27)11-26-5-7-29-8-6-26/h1-4,9-10H,5-8,11-12H2,(H,24,27)(H,25,28). The Morgan fingerprint density at radius 3 is 2.80 bits per heavy atom. The van der Waals surface area contributed by atoms with E-state index in [9.17, 15) is 9.59 Å². The summed E-state index contributed by atoms with van der Waals surface area (Å²) in [5.74, 6) is 0.199. The number of benzene rings is 2. The third kappa shape index (κ3) is 3.56. The van der Waals surface area contributed by atoms with E-state index in [-0.39, 0.29) is 11.8 Å². The summed E-state index contributed by atoms with van der Waals surface area (Å²) in [7, 11) is 0.